The standard InChI is InChI=1S/C24H26IN3O5S/c1-5-32-18-11-15(21-20(23(30)31-4)14(3)26-24(34)28-21)10-17(25)22(18)33-12-19(29)27-16-8-6-13(2)7-9-16/h6-11,21H,5,12H2,1-4H3,(H,27,29)(H2,26,28,34)/t21-/m1/s1. The summed E-state index contributed by atoms with van der Waals surface area (Å²) in [4.78, 5) is 24.9. The lowest BCUT2D eigenvalue weighted by molar-refractivity contribution is -0.136. The fourth-order valence-corrected chi connectivity index (χ4v) is 4.51. The van der Waals surface area contributed by atoms with Crippen molar-refractivity contribution in [3.8, 4) is 11.5 Å². The lowest BCUT2D eigenvalue weighted by atomic mass is 9.95. The number of rotatable bonds is 8. The highest BCUT2D eigenvalue weighted by atomic mass is 127. The van der Waals surface area contributed by atoms with Crippen LogP contribution in [0.3, 0.4) is 0 Å². The highest BCUT2D eigenvalue weighted by molar-refractivity contribution is 14.1. The predicted molar refractivity (Wildman–Crippen MR) is 142 cm³/mol. The monoisotopic (exact) mass is 595 g/mol. The van der Waals surface area contributed by atoms with Gasteiger partial charge < -0.3 is 30.2 Å². The van der Waals surface area contributed by atoms with Crippen LogP contribution in [0.4, 0.5) is 5.69 Å². The maximum Gasteiger partial charge on any atom is 0.337 e. The van der Waals surface area contributed by atoms with E-state index in [2.05, 4.69) is 38.5 Å². The lowest BCUT2D eigenvalue weighted by Crippen LogP contribution is -2.45. The summed E-state index contributed by atoms with van der Waals surface area (Å²) in [5.74, 6) is 0.150. The maximum absolute atomic E-state index is 12.5. The van der Waals surface area contributed by atoms with Crippen LogP contribution in [0.1, 0.15) is 31.0 Å². The van der Waals surface area contributed by atoms with E-state index < -0.39 is 12.0 Å². The minimum Gasteiger partial charge on any atom is -0.490 e. The number of hydrogen-bond donors (Lipinski definition) is 3. The quantitative estimate of drug-likeness (QED) is 0.240. The van der Waals surface area contributed by atoms with Crippen LogP contribution >= 0.6 is 34.8 Å². The van der Waals surface area contributed by atoms with Gasteiger partial charge in [0.05, 0.1) is 28.9 Å². The summed E-state index contributed by atoms with van der Waals surface area (Å²) in [5, 5.41) is 9.30. The molecule has 1 aliphatic rings. The minimum atomic E-state index is -0.534. The Labute approximate surface area is 217 Å². The van der Waals surface area contributed by atoms with Crippen molar-refractivity contribution in [2.75, 3.05) is 25.6 Å². The van der Waals surface area contributed by atoms with Crippen molar-refractivity contribution in [2.45, 2.75) is 26.8 Å². The van der Waals surface area contributed by atoms with Crippen LogP contribution in [-0.4, -0.2) is 37.3 Å². The zero-order chi connectivity index (χ0) is 24.8. The maximum atomic E-state index is 12.5. The summed E-state index contributed by atoms with van der Waals surface area (Å²) >= 11 is 7.42. The highest BCUT2D eigenvalue weighted by Gasteiger charge is 2.32. The molecule has 0 bridgehead atoms. The van der Waals surface area contributed by atoms with Crippen LogP contribution < -0.4 is 25.4 Å². The first-order valence-corrected chi connectivity index (χ1v) is 12.0. The fraction of sp³-hybridized carbons (Fsp3) is 0.292. The number of carbonyl (C=O) groups is 2. The molecule has 180 valence electrons. The van der Waals surface area contributed by atoms with Crippen LogP contribution in [0.2, 0.25) is 0 Å². The summed E-state index contributed by atoms with van der Waals surface area (Å²) in [6.07, 6.45) is 0. The SMILES string of the molecule is CCOc1cc([C@H]2NC(=S)NC(C)=C2C(=O)OC)cc(I)c1OCC(=O)Nc1ccc(C)cc1. The molecule has 10 heteroatoms. The Balaban J connectivity index is 1.85. The molecule has 8 nitrogen and oxygen atoms in total. The molecule has 3 rings (SSSR count). The number of thiocarbonyl (C=S) groups is 1. The second kappa shape index (κ2) is 11.5. The van der Waals surface area contributed by atoms with Gasteiger partial charge in [0.2, 0.25) is 0 Å². The van der Waals surface area contributed by atoms with Gasteiger partial charge in [-0.2, -0.15) is 0 Å². The van der Waals surface area contributed by atoms with Crippen molar-refractivity contribution in [2.24, 2.45) is 0 Å². The van der Waals surface area contributed by atoms with Gasteiger partial charge in [-0.3, -0.25) is 4.79 Å². The number of esters is 1. The summed E-state index contributed by atoms with van der Waals surface area (Å²) in [6, 6.07) is 10.6. The molecule has 1 amide bonds. The van der Waals surface area contributed by atoms with Gasteiger partial charge in [0.15, 0.2) is 23.2 Å². The first kappa shape index (κ1) is 25.8. The Morgan fingerprint density at radius 1 is 1.15 bits per heavy atom. The number of hydrogen-bond acceptors (Lipinski definition) is 6. The van der Waals surface area contributed by atoms with Gasteiger partial charge >= 0.3 is 5.97 Å². The van der Waals surface area contributed by atoms with Crippen molar-refractivity contribution < 1.29 is 23.8 Å². The molecule has 0 spiro atoms. The average Bonchev–Trinajstić information content (AvgIpc) is 2.79. The van der Waals surface area contributed by atoms with Crippen LogP contribution in [0.25, 0.3) is 0 Å². The highest BCUT2D eigenvalue weighted by Crippen LogP contribution is 2.38. The second-order valence-electron chi connectivity index (χ2n) is 7.53. The van der Waals surface area contributed by atoms with Crippen molar-refractivity contribution in [3.63, 3.8) is 0 Å². The first-order valence-electron chi connectivity index (χ1n) is 10.6. The first-order chi connectivity index (χ1) is 16.2. The molecular weight excluding hydrogens is 569 g/mol. The Bertz CT molecular complexity index is 1130. The minimum absolute atomic E-state index is 0.189. The molecule has 0 fully saturated rings. The normalized spacial score (nSPS) is 15.2. The van der Waals surface area contributed by atoms with Crippen LogP contribution in [0.5, 0.6) is 11.5 Å². The van der Waals surface area contributed by atoms with Crippen LogP contribution in [0, 0.1) is 10.5 Å². The molecule has 3 N–H and O–H groups in total. The molecule has 1 atom stereocenters. The van der Waals surface area contributed by atoms with E-state index in [1.807, 2.05) is 44.2 Å². The van der Waals surface area contributed by atoms with E-state index in [9.17, 15) is 9.59 Å². The van der Waals surface area contributed by atoms with Crippen molar-refractivity contribution in [1.29, 1.82) is 0 Å². The smallest absolute Gasteiger partial charge is 0.337 e. The van der Waals surface area contributed by atoms with Crippen molar-refractivity contribution in [1.82, 2.24) is 10.6 Å². The molecule has 0 radical (unpaired) electrons. The Kier molecular flexibility index (Phi) is 8.72. The van der Waals surface area contributed by atoms with E-state index in [4.69, 9.17) is 26.4 Å². The third-order valence-corrected chi connectivity index (χ3v) is 6.04. The van der Waals surface area contributed by atoms with Gasteiger partial charge in [-0.15, -0.1) is 0 Å². The number of benzene rings is 2. The summed E-state index contributed by atoms with van der Waals surface area (Å²) in [6.45, 7) is 5.81. The van der Waals surface area contributed by atoms with Crippen molar-refractivity contribution >= 4 is 57.5 Å². The lowest BCUT2D eigenvalue weighted by Gasteiger charge is -2.30. The second-order valence-corrected chi connectivity index (χ2v) is 9.10. The van der Waals surface area contributed by atoms with Gasteiger partial charge in [0.25, 0.3) is 5.91 Å². The molecule has 2 aromatic carbocycles. The number of carbonyl (C=O) groups excluding carboxylic acids is 2. The van der Waals surface area contributed by atoms with E-state index in [0.717, 1.165) is 14.7 Å². The molecule has 0 aromatic heterocycles. The third kappa shape index (κ3) is 6.17. The third-order valence-electron chi connectivity index (χ3n) is 5.02. The van der Waals surface area contributed by atoms with Gasteiger partial charge in [0.1, 0.15) is 0 Å². The number of amides is 1. The van der Waals surface area contributed by atoms with Gasteiger partial charge in [-0.05, 0) is 85.4 Å². The average molecular weight is 595 g/mol. The molecular formula is C24H26IN3O5S. The summed E-state index contributed by atoms with van der Waals surface area (Å²) in [7, 11) is 1.33. The predicted octanol–water partition coefficient (Wildman–Crippen LogP) is 3.98. The van der Waals surface area contributed by atoms with Crippen molar-refractivity contribution in [3.05, 3.63) is 62.4 Å². The topological polar surface area (TPSA) is 97.9 Å². The number of ether oxygens (including phenoxy) is 3. The molecule has 0 saturated heterocycles. The Morgan fingerprint density at radius 2 is 1.85 bits per heavy atom. The Morgan fingerprint density at radius 3 is 2.50 bits per heavy atom. The molecule has 1 aliphatic heterocycles. The van der Waals surface area contributed by atoms with E-state index in [0.29, 0.717) is 40.2 Å². The molecule has 2 aromatic rings. The van der Waals surface area contributed by atoms with E-state index in [1.54, 1.807) is 13.0 Å². The largest absolute Gasteiger partial charge is 0.490 e. The number of methoxy groups -OCH3 is 1. The van der Waals surface area contributed by atoms with Crippen LogP contribution in [-0.2, 0) is 14.3 Å². The summed E-state index contributed by atoms with van der Waals surface area (Å²) in [5.41, 5.74) is 3.57. The number of aryl methyl sites for hydroxylation is 1. The van der Waals surface area contributed by atoms with E-state index in [-0.39, 0.29) is 12.5 Å². The van der Waals surface area contributed by atoms with Gasteiger partial charge in [-0.25, -0.2) is 4.79 Å². The number of halogens is 1. The molecule has 1 heterocycles. The van der Waals surface area contributed by atoms with Gasteiger partial charge in [-0.1, -0.05) is 17.7 Å². The van der Waals surface area contributed by atoms with Crippen LogP contribution in [0.15, 0.2) is 47.7 Å². The Hall–Kier alpha value is -2.86. The summed E-state index contributed by atoms with van der Waals surface area (Å²) < 4.78 is 17.4. The zero-order valence-electron chi connectivity index (χ0n) is 19.3. The molecule has 0 unspecified atom stereocenters. The number of allylic oxidation sites excluding steroid dienone is 1. The van der Waals surface area contributed by atoms with E-state index in [1.165, 1.54) is 7.11 Å². The van der Waals surface area contributed by atoms with Gasteiger partial charge in [0, 0.05) is 11.4 Å². The number of nitrogens with one attached hydrogen (secondary N) is 3. The fourth-order valence-electron chi connectivity index (χ4n) is 3.45. The number of anilines is 1. The molecule has 0 aliphatic carbocycles. The molecule has 0 saturated carbocycles. The van der Waals surface area contributed by atoms with E-state index >= 15 is 0 Å². The molecule has 34 heavy (non-hydrogen) atoms. The zero-order valence-corrected chi connectivity index (χ0v) is 22.3.